The molecule has 0 bridgehead atoms. The molecule has 0 saturated heterocycles. The van der Waals surface area contributed by atoms with Gasteiger partial charge in [-0.25, -0.2) is 0 Å². The van der Waals surface area contributed by atoms with Gasteiger partial charge < -0.3 is 30.3 Å². The fourth-order valence-electron chi connectivity index (χ4n) is 2.72. The van der Waals surface area contributed by atoms with E-state index in [0.29, 0.717) is 13.0 Å². The fraction of sp³-hybridized carbons (Fsp3) is 0.429. The van der Waals surface area contributed by atoms with Crippen molar-refractivity contribution in [2.24, 2.45) is 0 Å². The molecule has 1 aromatic rings. The van der Waals surface area contributed by atoms with Crippen molar-refractivity contribution in [2.75, 3.05) is 46.1 Å². The van der Waals surface area contributed by atoms with Crippen molar-refractivity contribution in [3.05, 3.63) is 35.9 Å². The number of rotatable bonds is 14. The topological polar surface area (TPSA) is 154 Å². The van der Waals surface area contributed by atoms with Crippen LogP contribution in [0, 0.1) is 0 Å². The Hall–Kier alpha value is -3.44. The van der Waals surface area contributed by atoms with E-state index in [2.05, 4.69) is 10.6 Å². The molecule has 174 valence electrons. The van der Waals surface area contributed by atoms with E-state index in [0.717, 1.165) is 10.5 Å². The van der Waals surface area contributed by atoms with E-state index < -0.39 is 11.8 Å². The van der Waals surface area contributed by atoms with Crippen molar-refractivity contribution in [2.45, 2.75) is 12.8 Å². The summed E-state index contributed by atoms with van der Waals surface area (Å²) in [6.45, 7) is 1.25. The summed E-state index contributed by atoms with van der Waals surface area (Å²) in [5, 5.41) is 24.0. The Kier molecular flexibility index (Phi) is 10.1. The lowest BCUT2D eigenvalue weighted by atomic mass is 10.1. The molecule has 0 spiro atoms. The van der Waals surface area contributed by atoms with Crippen molar-refractivity contribution in [3.63, 3.8) is 0 Å². The number of hydrogen-bond donors (Lipinski definition) is 4. The third kappa shape index (κ3) is 8.74. The number of carbonyl (C=O) groups excluding carboxylic acids is 4. The first-order chi connectivity index (χ1) is 15.4. The van der Waals surface area contributed by atoms with E-state index in [1.165, 1.54) is 24.3 Å². The molecule has 4 amide bonds. The molecular formula is C21H27N3O8. The zero-order valence-corrected chi connectivity index (χ0v) is 17.5. The molecule has 1 aliphatic rings. The molecule has 1 heterocycles. The fourth-order valence-corrected chi connectivity index (χ4v) is 2.72. The zero-order chi connectivity index (χ0) is 23.3. The summed E-state index contributed by atoms with van der Waals surface area (Å²) in [6.07, 6.45) is 2.86. The highest BCUT2D eigenvalue weighted by Gasteiger charge is 2.23. The molecule has 2 rings (SSSR count). The number of amides is 4. The molecule has 4 N–H and O–H groups in total. The minimum absolute atomic E-state index is 0.0191. The van der Waals surface area contributed by atoms with E-state index in [1.807, 2.05) is 0 Å². The van der Waals surface area contributed by atoms with Gasteiger partial charge in [-0.15, -0.1) is 0 Å². The Morgan fingerprint density at radius 2 is 1.56 bits per heavy atom. The quantitative estimate of drug-likeness (QED) is 0.164. The van der Waals surface area contributed by atoms with Crippen LogP contribution in [-0.2, 0) is 35.1 Å². The maximum absolute atomic E-state index is 11.7. The van der Waals surface area contributed by atoms with Gasteiger partial charge in [0.05, 0.1) is 19.8 Å². The highest BCUT2D eigenvalue weighted by molar-refractivity contribution is 6.13. The summed E-state index contributed by atoms with van der Waals surface area (Å²) in [5.41, 5.74) is 0.775. The number of benzene rings is 1. The summed E-state index contributed by atoms with van der Waals surface area (Å²) >= 11 is 0. The average molecular weight is 449 g/mol. The maximum Gasteiger partial charge on any atom is 0.253 e. The van der Waals surface area contributed by atoms with Crippen molar-refractivity contribution >= 4 is 23.6 Å². The molecule has 1 aliphatic heterocycles. The Morgan fingerprint density at radius 1 is 0.875 bits per heavy atom. The zero-order valence-electron chi connectivity index (χ0n) is 17.5. The molecular weight excluding hydrogens is 422 g/mol. The van der Waals surface area contributed by atoms with Crippen LogP contribution in [-0.4, -0.2) is 84.8 Å². The molecule has 0 aromatic heterocycles. The summed E-state index contributed by atoms with van der Waals surface area (Å²) in [7, 11) is 0. The second kappa shape index (κ2) is 13.1. The molecule has 0 atom stereocenters. The lowest BCUT2D eigenvalue weighted by Gasteiger charge is -2.13. The molecule has 0 saturated carbocycles. The van der Waals surface area contributed by atoms with Gasteiger partial charge in [0, 0.05) is 38.2 Å². The normalized spacial score (nSPS) is 12.9. The maximum atomic E-state index is 11.7. The van der Waals surface area contributed by atoms with Crippen LogP contribution in [0.15, 0.2) is 30.4 Å². The van der Waals surface area contributed by atoms with Crippen LogP contribution >= 0.6 is 0 Å². The van der Waals surface area contributed by atoms with Crippen LogP contribution in [0.3, 0.4) is 0 Å². The van der Waals surface area contributed by atoms with Crippen molar-refractivity contribution < 1.29 is 38.9 Å². The first kappa shape index (κ1) is 24.8. The Balaban J connectivity index is 1.41. The first-order valence-corrected chi connectivity index (χ1v) is 10.1. The largest absolute Gasteiger partial charge is 0.504 e. The second-order valence-electron chi connectivity index (χ2n) is 6.85. The number of ether oxygens (including phenoxy) is 2. The molecule has 32 heavy (non-hydrogen) atoms. The lowest BCUT2D eigenvalue weighted by Crippen LogP contribution is -2.35. The van der Waals surface area contributed by atoms with E-state index >= 15 is 0 Å². The number of nitrogens with one attached hydrogen (secondary N) is 2. The minimum Gasteiger partial charge on any atom is -0.504 e. The van der Waals surface area contributed by atoms with E-state index in [4.69, 9.17) is 9.47 Å². The highest BCUT2D eigenvalue weighted by Crippen LogP contribution is 2.24. The standard InChI is InChI=1S/C21H27N3O8/c25-16-2-1-15(13-17(16)26)5-7-22-19(28)14-32-12-11-31-10-8-23-18(27)6-9-24-20(29)3-4-21(24)30/h1-4,13,25-26H,5-12,14H2,(H,22,28)(H,23,27). The highest BCUT2D eigenvalue weighted by atomic mass is 16.5. The Bertz CT molecular complexity index is 837. The first-order valence-electron chi connectivity index (χ1n) is 10.1. The molecule has 0 aliphatic carbocycles. The lowest BCUT2D eigenvalue weighted by molar-refractivity contribution is -0.137. The number of carbonyl (C=O) groups is 4. The van der Waals surface area contributed by atoms with Gasteiger partial charge in [-0.05, 0) is 24.1 Å². The minimum atomic E-state index is -0.419. The van der Waals surface area contributed by atoms with Gasteiger partial charge in [0.15, 0.2) is 11.5 Å². The van der Waals surface area contributed by atoms with Crippen molar-refractivity contribution in [3.8, 4) is 11.5 Å². The van der Waals surface area contributed by atoms with Gasteiger partial charge >= 0.3 is 0 Å². The predicted octanol–water partition coefficient (Wildman–Crippen LogP) is -0.779. The van der Waals surface area contributed by atoms with Gasteiger partial charge in [0.2, 0.25) is 11.8 Å². The number of phenolic OH excluding ortho intramolecular Hbond substituents is 2. The van der Waals surface area contributed by atoms with Crippen LogP contribution in [0.4, 0.5) is 0 Å². The Morgan fingerprint density at radius 3 is 2.28 bits per heavy atom. The summed E-state index contributed by atoms with van der Waals surface area (Å²) in [5.74, 6) is -1.82. The number of hydrogen-bond acceptors (Lipinski definition) is 8. The average Bonchev–Trinajstić information content (AvgIpc) is 3.08. The van der Waals surface area contributed by atoms with Crippen LogP contribution in [0.1, 0.15) is 12.0 Å². The van der Waals surface area contributed by atoms with Crippen molar-refractivity contribution in [1.29, 1.82) is 0 Å². The number of aromatic hydroxyl groups is 2. The number of phenols is 2. The van der Waals surface area contributed by atoms with Gasteiger partial charge in [-0.1, -0.05) is 6.07 Å². The molecule has 1 aromatic carbocycles. The number of nitrogens with zero attached hydrogens (tertiary/aromatic N) is 1. The van der Waals surface area contributed by atoms with Gasteiger partial charge in [0.25, 0.3) is 11.8 Å². The Labute approximate surface area is 185 Å². The summed E-state index contributed by atoms with van der Waals surface area (Å²) in [6, 6.07) is 4.48. The molecule has 0 radical (unpaired) electrons. The van der Waals surface area contributed by atoms with E-state index in [1.54, 1.807) is 6.07 Å². The molecule has 11 heteroatoms. The molecule has 0 fully saturated rings. The van der Waals surface area contributed by atoms with Crippen LogP contribution < -0.4 is 10.6 Å². The number of imide groups is 1. The third-order valence-corrected chi connectivity index (χ3v) is 4.41. The second-order valence-corrected chi connectivity index (χ2v) is 6.85. The van der Waals surface area contributed by atoms with Gasteiger partial charge in [-0.2, -0.15) is 0 Å². The van der Waals surface area contributed by atoms with Crippen molar-refractivity contribution in [1.82, 2.24) is 15.5 Å². The van der Waals surface area contributed by atoms with E-state index in [-0.39, 0.29) is 69.3 Å². The molecule has 0 unspecified atom stereocenters. The smallest absolute Gasteiger partial charge is 0.253 e. The predicted molar refractivity (Wildman–Crippen MR) is 112 cm³/mol. The van der Waals surface area contributed by atoms with E-state index in [9.17, 15) is 29.4 Å². The SMILES string of the molecule is O=C(CCN1C(=O)C=CC1=O)NCCOCCOCC(=O)NCCc1ccc(O)c(O)c1. The summed E-state index contributed by atoms with van der Waals surface area (Å²) < 4.78 is 10.5. The monoisotopic (exact) mass is 449 g/mol. The van der Waals surface area contributed by atoms with Gasteiger partial charge in [0.1, 0.15) is 6.61 Å². The van der Waals surface area contributed by atoms with Gasteiger partial charge in [-0.3, -0.25) is 24.1 Å². The third-order valence-electron chi connectivity index (χ3n) is 4.41. The summed E-state index contributed by atoms with van der Waals surface area (Å²) in [4.78, 5) is 47.1. The van der Waals surface area contributed by atoms with Crippen LogP contribution in [0.5, 0.6) is 11.5 Å². The van der Waals surface area contributed by atoms with Crippen LogP contribution in [0.25, 0.3) is 0 Å². The van der Waals surface area contributed by atoms with Crippen LogP contribution in [0.2, 0.25) is 0 Å². The molecule has 11 nitrogen and oxygen atoms in total.